The molecule has 0 saturated carbocycles. The molecule has 2 heterocycles. The second-order valence-electron chi connectivity index (χ2n) is 5.93. The molecule has 1 aliphatic heterocycles. The molecule has 2 aromatic carbocycles. The molecule has 4 rings (SSSR count). The lowest BCUT2D eigenvalue weighted by molar-refractivity contribution is 0.415. The molecule has 0 unspecified atom stereocenters. The van der Waals surface area contributed by atoms with E-state index in [0.29, 0.717) is 5.02 Å². The highest BCUT2D eigenvalue weighted by Crippen LogP contribution is 2.43. The monoisotopic (exact) mass is 326 g/mol. The van der Waals surface area contributed by atoms with Crippen molar-refractivity contribution in [2.75, 3.05) is 20.7 Å². The molecule has 1 N–H and O–H groups in total. The molecule has 0 fully saturated rings. The van der Waals surface area contributed by atoms with Crippen molar-refractivity contribution < 1.29 is 4.74 Å². The average Bonchev–Trinajstić information content (AvgIpc) is 3.07. The number of halogens is 1. The first-order valence-corrected chi connectivity index (χ1v) is 8.24. The Labute approximate surface area is 140 Å². The van der Waals surface area contributed by atoms with Crippen molar-refractivity contribution in [3.63, 3.8) is 0 Å². The standard InChI is InChI=1S/C19H19ClN2O/c1-21-8-7-14-15-9-18(23-2)16(20)10-17(15)22-11-12-5-3-4-6-13(12)19(14)22/h3-6,9-10,21H,7-8,11H2,1-2H3. The summed E-state index contributed by atoms with van der Waals surface area (Å²) < 4.78 is 7.81. The zero-order valence-corrected chi connectivity index (χ0v) is 14.1. The number of rotatable bonds is 4. The Hall–Kier alpha value is -1.97. The molecule has 1 aliphatic rings. The van der Waals surface area contributed by atoms with E-state index in [1.54, 1.807) is 7.11 Å². The number of nitrogens with one attached hydrogen (secondary N) is 1. The Kier molecular flexibility index (Phi) is 3.55. The van der Waals surface area contributed by atoms with Gasteiger partial charge in [0.2, 0.25) is 0 Å². The van der Waals surface area contributed by atoms with Crippen LogP contribution in [0.15, 0.2) is 36.4 Å². The lowest BCUT2D eigenvalue weighted by atomic mass is 10.00. The maximum absolute atomic E-state index is 6.38. The highest BCUT2D eigenvalue weighted by Gasteiger charge is 2.26. The third-order valence-corrected chi connectivity index (χ3v) is 4.96. The van der Waals surface area contributed by atoms with Crippen molar-refractivity contribution in [2.45, 2.75) is 13.0 Å². The van der Waals surface area contributed by atoms with E-state index in [1.165, 1.54) is 33.3 Å². The fourth-order valence-corrected chi connectivity index (χ4v) is 3.85. The number of nitrogens with zero attached hydrogens (tertiary/aromatic N) is 1. The zero-order chi connectivity index (χ0) is 16.0. The summed E-state index contributed by atoms with van der Waals surface area (Å²) in [7, 11) is 3.66. The first-order chi connectivity index (χ1) is 11.2. The van der Waals surface area contributed by atoms with Crippen molar-refractivity contribution in [3.8, 4) is 17.0 Å². The first kappa shape index (κ1) is 14.6. The molecule has 1 aromatic heterocycles. The number of hydrogen-bond acceptors (Lipinski definition) is 2. The van der Waals surface area contributed by atoms with Crippen molar-refractivity contribution in [3.05, 3.63) is 52.5 Å². The minimum absolute atomic E-state index is 0.663. The summed E-state index contributed by atoms with van der Waals surface area (Å²) in [5.41, 5.74) is 6.60. The molecule has 0 bridgehead atoms. The van der Waals surface area contributed by atoms with Gasteiger partial charge < -0.3 is 14.6 Å². The fraction of sp³-hybridized carbons (Fsp3) is 0.263. The van der Waals surface area contributed by atoms with Crippen LogP contribution in [0.3, 0.4) is 0 Å². The van der Waals surface area contributed by atoms with Crippen LogP contribution in [0.4, 0.5) is 0 Å². The van der Waals surface area contributed by atoms with Gasteiger partial charge in [0.25, 0.3) is 0 Å². The van der Waals surface area contributed by atoms with E-state index >= 15 is 0 Å². The summed E-state index contributed by atoms with van der Waals surface area (Å²) in [5, 5.41) is 5.16. The van der Waals surface area contributed by atoms with Gasteiger partial charge in [-0.25, -0.2) is 0 Å². The molecule has 3 aromatic rings. The van der Waals surface area contributed by atoms with Crippen LogP contribution in [-0.2, 0) is 13.0 Å². The summed E-state index contributed by atoms with van der Waals surface area (Å²) in [6.45, 7) is 1.85. The molecular weight excluding hydrogens is 308 g/mol. The Morgan fingerprint density at radius 1 is 1.26 bits per heavy atom. The van der Waals surface area contributed by atoms with E-state index < -0.39 is 0 Å². The van der Waals surface area contributed by atoms with E-state index in [9.17, 15) is 0 Å². The molecule has 0 atom stereocenters. The van der Waals surface area contributed by atoms with E-state index in [-0.39, 0.29) is 0 Å². The van der Waals surface area contributed by atoms with Gasteiger partial charge in [-0.1, -0.05) is 35.9 Å². The summed E-state index contributed by atoms with van der Waals surface area (Å²) in [6.07, 6.45) is 0.981. The normalized spacial score (nSPS) is 12.5. The van der Waals surface area contributed by atoms with Gasteiger partial charge >= 0.3 is 0 Å². The number of ether oxygens (including phenoxy) is 1. The summed E-state index contributed by atoms with van der Waals surface area (Å²) >= 11 is 6.38. The smallest absolute Gasteiger partial charge is 0.138 e. The van der Waals surface area contributed by atoms with E-state index in [1.807, 2.05) is 13.1 Å². The summed E-state index contributed by atoms with van der Waals surface area (Å²) in [6, 6.07) is 12.8. The van der Waals surface area contributed by atoms with Crippen LogP contribution in [0.1, 0.15) is 11.1 Å². The number of benzene rings is 2. The van der Waals surface area contributed by atoms with Gasteiger partial charge in [0.05, 0.1) is 23.3 Å². The Morgan fingerprint density at radius 3 is 2.87 bits per heavy atom. The molecule has 0 amide bonds. The van der Waals surface area contributed by atoms with Gasteiger partial charge in [-0.2, -0.15) is 0 Å². The second kappa shape index (κ2) is 5.59. The molecule has 3 nitrogen and oxygen atoms in total. The van der Waals surface area contributed by atoms with Gasteiger partial charge in [-0.05, 0) is 43.3 Å². The van der Waals surface area contributed by atoms with Gasteiger partial charge in [-0.15, -0.1) is 0 Å². The predicted molar refractivity (Wildman–Crippen MR) is 95.7 cm³/mol. The van der Waals surface area contributed by atoms with Crippen LogP contribution < -0.4 is 10.1 Å². The maximum atomic E-state index is 6.38. The lowest BCUT2D eigenvalue weighted by Crippen LogP contribution is -2.10. The highest BCUT2D eigenvalue weighted by molar-refractivity contribution is 6.33. The Bertz CT molecular complexity index is 898. The van der Waals surface area contributed by atoms with Gasteiger partial charge in [0.15, 0.2) is 0 Å². The Balaban J connectivity index is 2.02. The van der Waals surface area contributed by atoms with Gasteiger partial charge in [0.1, 0.15) is 5.75 Å². The second-order valence-corrected chi connectivity index (χ2v) is 6.34. The van der Waals surface area contributed by atoms with Gasteiger partial charge in [0, 0.05) is 17.5 Å². The lowest BCUT2D eigenvalue weighted by Gasteiger charge is -2.07. The van der Waals surface area contributed by atoms with E-state index in [4.69, 9.17) is 16.3 Å². The quantitative estimate of drug-likeness (QED) is 0.611. The number of fused-ring (bicyclic) bond motifs is 5. The molecule has 118 valence electrons. The molecule has 23 heavy (non-hydrogen) atoms. The van der Waals surface area contributed by atoms with Crippen LogP contribution in [0.5, 0.6) is 5.75 Å². The molecular formula is C19H19ClN2O. The molecule has 0 spiro atoms. The van der Waals surface area contributed by atoms with Crippen molar-refractivity contribution in [2.24, 2.45) is 0 Å². The molecule has 4 heteroatoms. The third-order valence-electron chi connectivity index (χ3n) is 4.67. The van der Waals surface area contributed by atoms with Crippen LogP contribution in [-0.4, -0.2) is 25.3 Å². The van der Waals surface area contributed by atoms with E-state index in [0.717, 1.165) is 25.3 Å². The SMILES string of the molecule is CNCCc1c2n(c3cc(Cl)c(OC)cc13)Cc1ccccc1-2. The minimum Gasteiger partial charge on any atom is -0.495 e. The summed E-state index contributed by atoms with van der Waals surface area (Å²) in [4.78, 5) is 0. The molecule has 0 saturated heterocycles. The topological polar surface area (TPSA) is 26.2 Å². The third kappa shape index (κ3) is 2.15. The number of methoxy groups -OCH3 is 1. The molecule has 0 radical (unpaired) electrons. The number of hydrogen-bond donors (Lipinski definition) is 1. The number of likely N-dealkylation sites (N-methyl/N-ethyl adjacent to an activating group) is 1. The van der Waals surface area contributed by atoms with Crippen LogP contribution in [0, 0.1) is 0 Å². The first-order valence-electron chi connectivity index (χ1n) is 7.86. The van der Waals surface area contributed by atoms with E-state index in [2.05, 4.69) is 40.2 Å². The van der Waals surface area contributed by atoms with Crippen molar-refractivity contribution >= 4 is 22.5 Å². The zero-order valence-electron chi connectivity index (χ0n) is 13.3. The van der Waals surface area contributed by atoms with Gasteiger partial charge in [-0.3, -0.25) is 0 Å². The maximum Gasteiger partial charge on any atom is 0.138 e. The minimum atomic E-state index is 0.663. The highest BCUT2D eigenvalue weighted by atomic mass is 35.5. The van der Waals surface area contributed by atoms with Crippen LogP contribution >= 0.6 is 11.6 Å². The largest absolute Gasteiger partial charge is 0.495 e. The fourth-order valence-electron chi connectivity index (χ4n) is 3.61. The average molecular weight is 327 g/mol. The molecule has 0 aliphatic carbocycles. The van der Waals surface area contributed by atoms with Crippen LogP contribution in [0.2, 0.25) is 5.02 Å². The van der Waals surface area contributed by atoms with Crippen LogP contribution in [0.25, 0.3) is 22.2 Å². The summed E-state index contributed by atoms with van der Waals surface area (Å²) in [5.74, 6) is 0.738. The van der Waals surface area contributed by atoms with Crippen molar-refractivity contribution in [1.29, 1.82) is 0 Å². The number of aromatic nitrogens is 1. The Morgan fingerprint density at radius 2 is 2.09 bits per heavy atom. The predicted octanol–water partition coefficient (Wildman–Crippen LogP) is 4.09. The van der Waals surface area contributed by atoms with Crippen molar-refractivity contribution in [1.82, 2.24) is 9.88 Å².